The van der Waals surface area contributed by atoms with E-state index in [1.807, 2.05) is 24.3 Å². The van der Waals surface area contributed by atoms with Gasteiger partial charge in [-0.2, -0.15) is 0 Å². The second-order valence-corrected chi connectivity index (χ2v) is 4.46. The first-order chi connectivity index (χ1) is 8.56. The number of rotatable bonds is 4. The molecule has 0 bridgehead atoms. The summed E-state index contributed by atoms with van der Waals surface area (Å²) in [4.78, 5) is 22.7. The molecule has 0 heterocycles. The van der Waals surface area contributed by atoms with Gasteiger partial charge < -0.3 is 14.8 Å². The fourth-order valence-corrected chi connectivity index (χ4v) is 1.66. The number of alkyl carbamates (subject to hydrolysis) is 1. The lowest BCUT2D eigenvalue weighted by molar-refractivity contribution is -0.142. The van der Waals surface area contributed by atoms with Gasteiger partial charge in [0.15, 0.2) is 0 Å². The fraction of sp³-hybridized carbons (Fsp3) is 0.333. The van der Waals surface area contributed by atoms with E-state index >= 15 is 0 Å². The van der Waals surface area contributed by atoms with Gasteiger partial charge in [0.1, 0.15) is 6.04 Å². The summed E-state index contributed by atoms with van der Waals surface area (Å²) in [5.41, 5.74) is 0.907. The molecule has 98 valence electrons. The van der Waals surface area contributed by atoms with Crippen molar-refractivity contribution in [2.45, 2.75) is 12.5 Å². The maximum atomic E-state index is 11.5. The molecule has 1 aromatic rings. The number of methoxy groups -OCH3 is 2. The standard InChI is InChI=1S/C12H14BrNO4/c1-17-11(15)10(14-12(16)18-2)7-8-3-5-9(13)6-4-8/h3-6,10H,7H2,1-2H3,(H,14,16)/t10-/m0/s1. The monoisotopic (exact) mass is 315 g/mol. The summed E-state index contributed by atoms with van der Waals surface area (Å²) in [6.45, 7) is 0. The van der Waals surface area contributed by atoms with Gasteiger partial charge in [-0.25, -0.2) is 9.59 Å². The average Bonchev–Trinajstić information content (AvgIpc) is 2.39. The number of hydrogen-bond donors (Lipinski definition) is 1. The minimum absolute atomic E-state index is 0.342. The van der Waals surface area contributed by atoms with Crippen LogP contribution in [-0.4, -0.2) is 32.3 Å². The summed E-state index contributed by atoms with van der Waals surface area (Å²) in [5.74, 6) is -0.511. The molecule has 0 radical (unpaired) electrons. The van der Waals surface area contributed by atoms with Crippen LogP contribution in [-0.2, 0) is 20.7 Å². The Kier molecular flexibility index (Phi) is 5.64. The lowest BCUT2D eigenvalue weighted by atomic mass is 10.1. The number of hydrogen-bond acceptors (Lipinski definition) is 4. The van der Waals surface area contributed by atoms with E-state index in [-0.39, 0.29) is 0 Å². The molecule has 0 aliphatic heterocycles. The molecule has 0 aromatic heterocycles. The largest absolute Gasteiger partial charge is 0.467 e. The van der Waals surface area contributed by atoms with Gasteiger partial charge in [-0.15, -0.1) is 0 Å². The maximum absolute atomic E-state index is 11.5. The van der Waals surface area contributed by atoms with E-state index in [0.29, 0.717) is 6.42 Å². The van der Waals surface area contributed by atoms with Crippen LogP contribution in [0.1, 0.15) is 5.56 Å². The lowest BCUT2D eigenvalue weighted by Gasteiger charge is -2.15. The van der Waals surface area contributed by atoms with Crippen molar-refractivity contribution < 1.29 is 19.1 Å². The maximum Gasteiger partial charge on any atom is 0.407 e. The number of ether oxygens (including phenoxy) is 2. The Morgan fingerprint density at radius 3 is 2.33 bits per heavy atom. The van der Waals surface area contributed by atoms with Crippen molar-refractivity contribution in [1.82, 2.24) is 5.32 Å². The van der Waals surface area contributed by atoms with Gasteiger partial charge in [0.2, 0.25) is 0 Å². The van der Waals surface area contributed by atoms with Crippen molar-refractivity contribution >= 4 is 28.0 Å². The number of esters is 1. The van der Waals surface area contributed by atoms with Gasteiger partial charge >= 0.3 is 12.1 Å². The highest BCUT2D eigenvalue weighted by atomic mass is 79.9. The van der Waals surface area contributed by atoms with Crippen LogP contribution in [0.25, 0.3) is 0 Å². The quantitative estimate of drug-likeness (QED) is 0.862. The minimum atomic E-state index is -0.761. The number of amides is 1. The first kappa shape index (κ1) is 14.5. The Hall–Kier alpha value is -1.56. The molecule has 0 saturated heterocycles. The fourth-order valence-electron chi connectivity index (χ4n) is 1.39. The number of nitrogens with one attached hydrogen (secondary N) is 1. The van der Waals surface area contributed by atoms with Crippen LogP contribution in [0.4, 0.5) is 4.79 Å². The second-order valence-electron chi connectivity index (χ2n) is 3.54. The molecular formula is C12H14BrNO4. The van der Waals surface area contributed by atoms with Gasteiger partial charge in [0, 0.05) is 10.9 Å². The topological polar surface area (TPSA) is 64.6 Å². The Labute approximate surface area is 114 Å². The summed E-state index contributed by atoms with van der Waals surface area (Å²) in [6.07, 6.45) is -0.322. The highest BCUT2D eigenvalue weighted by Crippen LogP contribution is 2.12. The third kappa shape index (κ3) is 4.37. The first-order valence-electron chi connectivity index (χ1n) is 5.23. The SMILES string of the molecule is COC(=O)N[C@@H](Cc1ccc(Br)cc1)C(=O)OC. The van der Waals surface area contributed by atoms with Gasteiger partial charge in [-0.3, -0.25) is 0 Å². The Morgan fingerprint density at radius 1 is 1.22 bits per heavy atom. The lowest BCUT2D eigenvalue weighted by Crippen LogP contribution is -2.42. The molecule has 0 saturated carbocycles. The average molecular weight is 316 g/mol. The van der Waals surface area contributed by atoms with E-state index in [2.05, 4.69) is 30.7 Å². The summed E-state index contributed by atoms with van der Waals surface area (Å²) < 4.78 is 10.0. The normalized spacial score (nSPS) is 11.5. The summed E-state index contributed by atoms with van der Waals surface area (Å²) in [7, 11) is 2.51. The minimum Gasteiger partial charge on any atom is -0.467 e. The van der Waals surface area contributed by atoms with E-state index in [0.717, 1.165) is 10.0 Å². The van der Waals surface area contributed by atoms with Crippen LogP contribution >= 0.6 is 15.9 Å². The summed E-state index contributed by atoms with van der Waals surface area (Å²) >= 11 is 3.32. The summed E-state index contributed by atoms with van der Waals surface area (Å²) in [6, 6.07) is 6.69. The van der Waals surface area contributed by atoms with Gasteiger partial charge in [0.25, 0.3) is 0 Å². The zero-order valence-electron chi connectivity index (χ0n) is 10.1. The molecule has 0 aliphatic carbocycles. The molecule has 6 heteroatoms. The molecule has 0 aliphatic rings. The summed E-state index contributed by atoms with van der Waals surface area (Å²) in [5, 5.41) is 2.43. The molecule has 1 amide bonds. The molecule has 0 unspecified atom stereocenters. The Balaban J connectivity index is 2.74. The van der Waals surface area contributed by atoms with Crippen molar-refractivity contribution in [3.05, 3.63) is 34.3 Å². The van der Waals surface area contributed by atoms with E-state index < -0.39 is 18.1 Å². The van der Waals surface area contributed by atoms with Gasteiger partial charge in [-0.05, 0) is 17.7 Å². The molecule has 18 heavy (non-hydrogen) atoms. The Morgan fingerprint density at radius 2 is 1.83 bits per heavy atom. The van der Waals surface area contributed by atoms with E-state index in [9.17, 15) is 9.59 Å². The van der Waals surface area contributed by atoms with E-state index in [1.54, 1.807) is 0 Å². The number of benzene rings is 1. The highest BCUT2D eigenvalue weighted by Gasteiger charge is 2.22. The Bertz CT molecular complexity index is 419. The predicted octanol–water partition coefficient (Wildman–Crippen LogP) is 1.89. The van der Waals surface area contributed by atoms with Gasteiger partial charge in [-0.1, -0.05) is 28.1 Å². The zero-order valence-corrected chi connectivity index (χ0v) is 11.7. The van der Waals surface area contributed by atoms with Crippen molar-refractivity contribution in [3.63, 3.8) is 0 Å². The van der Waals surface area contributed by atoms with Crippen molar-refractivity contribution in [2.75, 3.05) is 14.2 Å². The number of carbonyl (C=O) groups is 2. The van der Waals surface area contributed by atoms with Crippen molar-refractivity contribution in [2.24, 2.45) is 0 Å². The van der Waals surface area contributed by atoms with Crippen LogP contribution in [0.5, 0.6) is 0 Å². The smallest absolute Gasteiger partial charge is 0.407 e. The van der Waals surface area contributed by atoms with E-state index in [4.69, 9.17) is 0 Å². The zero-order chi connectivity index (χ0) is 13.5. The highest BCUT2D eigenvalue weighted by molar-refractivity contribution is 9.10. The second kappa shape index (κ2) is 7.00. The third-order valence-electron chi connectivity index (χ3n) is 2.32. The van der Waals surface area contributed by atoms with Crippen LogP contribution in [0.15, 0.2) is 28.7 Å². The molecule has 0 fully saturated rings. The third-order valence-corrected chi connectivity index (χ3v) is 2.84. The number of carbonyl (C=O) groups excluding carboxylic acids is 2. The molecule has 1 N–H and O–H groups in total. The predicted molar refractivity (Wildman–Crippen MR) is 69.2 cm³/mol. The molecule has 0 spiro atoms. The molecule has 1 atom stereocenters. The molecule has 5 nitrogen and oxygen atoms in total. The van der Waals surface area contributed by atoms with Crippen LogP contribution < -0.4 is 5.32 Å². The van der Waals surface area contributed by atoms with Crippen molar-refractivity contribution in [1.29, 1.82) is 0 Å². The van der Waals surface area contributed by atoms with Crippen LogP contribution in [0.3, 0.4) is 0 Å². The van der Waals surface area contributed by atoms with Crippen LogP contribution in [0, 0.1) is 0 Å². The van der Waals surface area contributed by atoms with Gasteiger partial charge in [0.05, 0.1) is 14.2 Å². The van der Waals surface area contributed by atoms with Crippen molar-refractivity contribution in [3.8, 4) is 0 Å². The molecule has 1 aromatic carbocycles. The molecule has 1 rings (SSSR count). The number of halogens is 1. The van der Waals surface area contributed by atoms with Crippen LogP contribution in [0.2, 0.25) is 0 Å². The first-order valence-corrected chi connectivity index (χ1v) is 6.03. The van der Waals surface area contributed by atoms with E-state index in [1.165, 1.54) is 14.2 Å². The molecular weight excluding hydrogens is 302 g/mol.